The third-order valence-corrected chi connectivity index (χ3v) is 2.40. The topological polar surface area (TPSA) is 95.7 Å². The first-order valence-electron chi connectivity index (χ1n) is 5.06. The minimum Gasteiger partial charge on any atom is -0.468 e. The SMILES string of the molecule is COC(=O)C(C(=O)OC)c1ccc(C(N)=O)cc1. The fourth-order valence-electron chi connectivity index (χ4n) is 1.44. The number of benzene rings is 1. The highest BCUT2D eigenvalue weighted by Gasteiger charge is 2.30. The minimum absolute atomic E-state index is 0.284. The van der Waals surface area contributed by atoms with Gasteiger partial charge in [-0.05, 0) is 17.7 Å². The summed E-state index contributed by atoms with van der Waals surface area (Å²) in [5, 5.41) is 0. The van der Waals surface area contributed by atoms with E-state index in [-0.39, 0.29) is 5.56 Å². The Balaban J connectivity index is 3.10. The van der Waals surface area contributed by atoms with Gasteiger partial charge >= 0.3 is 11.9 Å². The van der Waals surface area contributed by atoms with Crippen molar-refractivity contribution in [2.75, 3.05) is 14.2 Å². The van der Waals surface area contributed by atoms with Crippen LogP contribution in [-0.2, 0) is 19.1 Å². The molecule has 0 radical (unpaired) electrons. The van der Waals surface area contributed by atoms with Gasteiger partial charge in [-0.15, -0.1) is 0 Å². The average Bonchev–Trinajstić information content (AvgIpc) is 2.39. The fraction of sp³-hybridized carbons (Fsp3) is 0.250. The van der Waals surface area contributed by atoms with E-state index in [9.17, 15) is 14.4 Å². The van der Waals surface area contributed by atoms with Crippen LogP contribution in [0.2, 0.25) is 0 Å². The lowest BCUT2D eigenvalue weighted by atomic mass is 9.98. The van der Waals surface area contributed by atoms with E-state index in [0.717, 1.165) is 0 Å². The van der Waals surface area contributed by atoms with E-state index in [4.69, 9.17) is 5.73 Å². The third kappa shape index (κ3) is 2.85. The second kappa shape index (κ2) is 5.81. The Hall–Kier alpha value is -2.37. The van der Waals surface area contributed by atoms with Crippen molar-refractivity contribution in [2.45, 2.75) is 5.92 Å². The summed E-state index contributed by atoms with van der Waals surface area (Å²) in [5.41, 5.74) is 5.75. The van der Waals surface area contributed by atoms with Crippen LogP contribution in [0.25, 0.3) is 0 Å². The number of carbonyl (C=O) groups excluding carboxylic acids is 3. The van der Waals surface area contributed by atoms with Crippen LogP contribution in [0.15, 0.2) is 24.3 Å². The molecule has 0 fully saturated rings. The number of primary amides is 1. The molecule has 96 valence electrons. The Morgan fingerprint density at radius 2 is 1.44 bits per heavy atom. The molecule has 0 saturated heterocycles. The zero-order valence-corrected chi connectivity index (χ0v) is 10.0. The fourth-order valence-corrected chi connectivity index (χ4v) is 1.44. The largest absolute Gasteiger partial charge is 0.468 e. The van der Waals surface area contributed by atoms with Crippen LogP contribution in [0, 0.1) is 0 Å². The Morgan fingerprint density at radius 1 is 1.00 bits per heavy atom. The van der Waals surface area contributed by atoms with E-state index in [1.54, 1.807) is 0 Å². The molecule has 0 heterocycles. The average molecular weight is 251 g/mol. The lowest BCUT2D eigenvalue weighted by molar-refractivity contribution is -0.154. The number of rotatable bonds is 4. The molecule has 1 aromatic carbocycles. The first-order chi connectivity index (χ1) is 8.51. The molecule has 1 aromatic rings. The molecule has 18 heavy (non-hydrogen) atoms. The molecule has 1 rings (SSSR count). The molecule has 0 unspecified atom stereocenters. The second-order valence-corrected chi connectivity index (χ2v) is 3.47. The van der Waals surface area contributed by atoms with Gasteiger partial charge in [0.25, 0.3) is 0 Å². The molecule has 1 amide bonds. The summed E-state index contributed by atoms with van der Waals surface area (Å²) >= 11 is 0. The van der Waals surface area contributed by atoms with Crippen LogP contribution in [0.1, 0.15) is 21.8 Å². The van der Waals surface area contributed by atoms with Crippen LogP contribution >= 0.6 is 0 Å². The van der Waals surface area contributed by atoms with Crippen molar-refractivity contribution < 1.29 is 23.9 Å². The van der Waals surface area contributed by atoms with Crippen molar-refractivity contribution in [2.24, 2.45) is 5.73 Å². The van der Waals surface area contributed by atoms with E-state index < -0.39 is 23.8 Å². The monoisotopic (exact) mass is 251 g/mol. The van der Waals surface area contributed by atoms with Crippen molar-refractivity contribution in [3.05, 3.63) is 35.4 Å². The zero-order chi connectivity index (χ0) is 13.7. The van der Waals surface area contributed by atoms with Gasteiger partial charge in [0, 0.05) is 5.56 Å². The van der Waals surface area contributed by atoms with E-state index in [0.29, 0.717) is 5.56 Å². The van der Waals surface area contributed by atoms with Gasteiger partial charge < -0.3 is 15.2 Å². The molecule has 0 aliphatic carbocycles. The molecule has 0 atom stereocenters. The van der Waals surface area contributed by atoms with E-state index in [1.807, 2.05) is 0 Å². The van der Waals surface area contributed by atoms with E-state index in [2.05, 4.69) is 9.47 Å². The van der Waals surface area contributed by atoms with Gasteiger partial charge in [-0.2, -0.15) is 0 Å². The van der Waals surface area contributed by atoms with Crippen LogP contribution in [0.5, 0.6) is 0 Å². The quantitative estimate of drug-likeness (QED) is 0.609. The summed E-state index contributed by atoms with van der Waals surface area (Å²) < 4.78 is 9.07. The Bertz CT molecular complexity index is 450. The molecular weight excluding hydrogens is 238 g/mol. The summed E-state index contributed by atoms with van der Waals surface area (Å²) in [5.74, 6) is -3.21. The highest BCUT2D eigenvalue weighted by Crippen LogP contribution is 2.19. The van der Waals surface area contributed by atoms with Crippen molar-refractivity contribution >= 4 is 17.8 Å². The molecule has 6 nitrogen and oxygen atoms in total. The van der Waals surface area contributed by atoms with Gasteiger partial charge in [0.2, 0.25) is 5.91 Å². The number of nitrogens with two attached hydrogens (primary N) is 1. The zero-order valence-electron chi connectivity index (χ0n) is 10.0. The van der Waals surface area contributed by atoms with Gasteiger partial charge in [0.15, 0.2) is 5.92 Å². The molecule has 0 bridgehead atoms. The predicted molar refractivity (Wildman–Crippen MR) is 61.7 cm³/mol. The predicted octanol–water partition coefficient (Wildman–Crippen LogP) is 0.215. The summed E-state index contributed by atoms with van der Waals surface area (Å²) in [6.07, 6.45) is 0. The van der Waals surface area contributed by atoms with E-state index in [1.165, 1.54) is 38.5 Å². The first kappa shape index (κ1) is 13.7. The van der Waals surface area contributed by atoms with Crippen LogP contribution < -0.4 is 5.73 Å². The number of hydrogen-bond acceptors (Lipinski definition) is 5. The van der Waals surface area contributed by atoms with Crippen molar-refractivity contribution in [1.29, 1.82) is 0 Å². The highest BCUT2D eigenvalue weighted by molar-refractivity contribution is 6.01. The van der Waals surface area contributed by atoms with Gasteiger partial charge in [-0.25, -0.2) is 0 Å². The van der Waals surface area contributed by atoms with Crippen molar-refractivity contribution in [3.63, 3.8) is 0 Å². The Morgan fingerprint density at radius 3 is 1.78 bits per heavy atom. The lowest BCUT2D eigenvalue weighted by Crippen LogP contribution is -2.24. The Kier molecular flexibility index (Phi) is 4.42. The number of amides is 1. The van der Waals surface area contributed by atoms with Gasteiger partial charge in [-0.1, -0.05) is 12.1 Å². The summed E-state index contributed by atoms with van der Waals surface area (Å²) in [6, 6.07) is 5.77. The maximum Gasteiger partial charge on any atom is 0.324 e. The molecule has 0 saturated carbocycles. The van der Waals surface area contributed by atoms with Crippen LogP contribution in [0.4, 0.5) is 0 Å². The lowest BCUT2D eigenvalue weighted by Gasteiger charge is -2.12. The third-order valence-electron chi connectivity index (χ3n) is 2.40. The minimum atomic E-state index is -1.16. The molecule has 0 aliphatic rings. The number of hydrogen-bond donors (Lipinski definition) is 1. The maximum atomic E-state index is 11.5. The van der Waals surface area contributed by atoms with Crippen LogP contribution in [-0.4, -0.2) is 32.1 Å². The standard InChI is InChI=1S/C12H13NO5/c1-17-11(15)9(12(16)18-2)7-3-5-8(6-4-7)10(13)14/h3-6,9H,1-2H3,(H2,13,14). The molecule has 0 aliphatic heterocycles. The van der Waals surface area contributed by atoms with Crippen LogP contribution in [0.3, 0.4) is 0 Å². The number of ether oxygens (including phenoxy) is 2. The van der Waals surface area contributed by atoms with Gasteiger partial charge in [-0.3, -0.25) is 14.4 Å². The second-order valence-electron chi connectivity index (χ2n) is 3.47. The van der Waals surface area contributed by atoms with Crippen molar-refractivity contribution in [3.8, 4) is 0 Å². The first-order valence-corrected chi connectivity index (χ1v) is 5.06. The van der Waals surface area contributed by atoms with Gasteiger partial charge in [0.05, 0.1) is 14.2 Å². The normalized spacial score (nSPS) is 9.94. The molecular formula is C12H13NO5. The highest BCUT2D eigenvalue weighted by atomic mass is 16.5. The Labute approximate surface area is 104 Å². The summed E-state index contributed by atoms with van der Waals surface area (Å²) in [4.78, 5) is 33.9. The van der Waals surface area contributed by atoms with Gasteiger partial charge in [0.1, 0.15) is 0 Å². The number of esters is 2. The molecule has 6 heteroatoms. The van der Waals surface area contributed by atoms with E-state index >= 15 is 0 Å². The maximum absolute atomic E-state index is 11.5. The number of methoxy groups -OCH3 is 2. The summed E-state index contributed by atoms with van der Waals surface area (Å²) in [6.45, 7) is 0. The molecule has 0 aromatic heterocycles. The summed E-state index contributed by atoms with van der Waals surface area (Å²) in [7, 11) is 2.35. The molecule has 2 N–H and O–H groups in total. The van der Waals surface area contributed by atoms with Crippen molar-refractivity contribution in [1.82, 2.24) is 0 Å². The number of carbonyl (C=O) groups is 3. The smallest absolute Gasteiger partial charge is 0.324 e. The molecule has 0 spiro atoms.